The van der Waals surface area contributed by atoms with E-state index >= 15 is 0 Å². The summed E-state index contributed by atoms with van der Waals surface area (Å²) in [7, 11) is 1.75. The summed E-state index contributed by atoms with van der Waals surface area (Å²) < 4.78 is 16.6. The molecule has 1 N–H and O–H groups in total. The first-order chi connectivity index (χ1) is 9.24. The van der Waals surface area contributed by atoms with Crippen molar-refractivity contribution in [1.82, 2.24) is 5.32 Å². The lowest BCUT2D eigenvalue weighted by Crippen LogP contribution is -2.41. The standard InChI is InChI=1S/C15H29NO3/c1-13(11-16-5-8-17-2)9-14-3-6-19-15(10-14)4-7-18-12-15/h13-14,16H,3-12H2,1-2H3. The van der Waals surface area contributed by atoms with Crippen LogP contribution in [0.3, 0.4) is 0 Å². The highest BCUT2D eigenvalue weighted by Gasteiger charge is 2.40. The molecule has 0 aromatic heterocycles. The van der Waals surface area contributed by atoms with Gasteiger partial charge in [-0.1, -0.05) is 6.92 Å². The van der Waals surface area contributed by atoms with Crippen molar-refractivity contribution >= 4 is 0 Å². The average Bonchev–Trinajstić information content (AvgIpc) is 2.83. The van der Waals surface area contributed by atoms with Crippen LogP contribution in [0, 0.1) is 11.8 Å². The van der Waals surface area contributed by atoms with Crippen molar-refractivity contribution < 1.29 is 14.2 Å². The highest BCUT2D eigenvalue weighted by atomic mass is 16.6. The molecule has 2 rings (SSSR count). The Morgan fingerprint density at radius 2 is 2.32 bits per heavy atom. The minimum atomic E-state index is 0.0616. The Kier molecular flexibility index (Phi) is 6.07. The summed E-state index contributed by atoms with van der Waals surface area (Å²) in [5, 5.41) is 3.46. The van der Waals surface area contributed by atoms with Crippen LogP contribution in [0.5, 0.6) is 0 Å². The molecule has 0 bridgehead atoms. The number of hydrogen-bond acceptors (Lipinski definition) is 4. The Morgan fingerprint density at radius 3 is 3.05 bits per heavy atom. The monoisotopic (exact) mass is 271 g/mol. The van der Waals surface area contributed by atoms with Crippen molar-refractivity contribution in [3.63, 3.8) is 0 Å². The van der Waals surface area contributed by atoms with E-state index in [4.69, 9.17) is 14.2 Å². The van der Waals surface area contributed by atoms with Gasteiger partial charge in [0.2, 0.25) is 0 Å². The normalized spacial score (nSPS) is 32.8. The second-order valence-corrected chi connectivity index (χ2v) is 6.23. The molecule has 0 aromatic rings. The second-order valence-electron chi connectivity index (χ2n) is 6.23. The van der Waals surface area contributed by atoms with E-state index < -0.39 is 0 Å². The molecule has 0 radical (unpaired) electrons. The Bertz CT molecular complexity index is 254. The van der Waals surface area contributed by atoms with Gasteiger partial charge in [0, 0.05) is 33.3 Å². The van der Waals surface area contributed by atoms with Crippen molar-refractivity contribution in [2.75, 3.05) is 46.6 Å². The quantitative estimate of drug-likeness (QED) is 0.717. The first-order valence-electron chi connectivity index (χ1n) is 7.65. The molecule has 4 nitrogen and oxygen atoms in total. The number of rotatable bonds is 7. The largest absolute Gasteiger partial charge is 0.383 e. The van der Waals surface area contributed by atoms with E-state index in [9.17, 15) is 0 Å². The second kappa shape index (κ2) is 7.58. The number of methoxy groups -OCH3 is 1. The predicted molar refractivity (Wildman–Crippen MR) is 75.4 cm³/mol. The molecule has 2 heterocycles. The van der Waals surface area contributed by atoms with Crippen molar-refractivity contribution in [1.29, 1.82) is 0 Å². The maximum Gasteiger partial charge on any atom is 0.0939 e. The highest BCUT2D eigenvalue weighted by Crippen LogP contribution is 2.38. The Labute approximate surface area is 117 Å². The van der Waals surface area contributed by atoms with E-state index in [2.05, 4.69) is 12.2 Å². The van der Waals surface area contributed by atoms with E-state index in [1.54, 1.807) is 7.11 Å². The van der Waals surface area contributed by atoms with Gasteiger partial charge in [-0.25, -0.2) is 0 Å². The first-order valence-corrected chi connectivity index (χ1v) is 7.65. The minimum Gasteiger partial charge on any atom is -0.383 e. The van der Waals surface area contributed by atoms with Crippen LogP contribution in [-0.4, -0.2) is 52.2 Å². The van der Waals surface area contributed by atoms with Gasteiger partial charge in [0.25, 0.3) is 0 Å². The fourth-order valence-electron chi connectivity index (χ4n) is 3.37. The molecule has 2 aliphatic heterocycles. The molecule has 2 fully saturated rings. The zero-order valence-electron chi connectivity index (χ0n) is 12.5. The van der Waals surface area contributed by atoms with Gasteiger partial charge in [0.1, 0.15) is 0 Å². The maximum atomic E-state index is 5.99. The molecule has 0 saturated carbocycles. The Morgan fingerprint density at radius 1 is 1.42 bits per heavy atom. The topological polar surface area (TPSA) is 39.7 Å². The van der Waals surface area contributed by atoms with E-state index in [1.165, 1.54) is 19.3 Å². The van der Waals surface area contributed by atoms with Gasteiger partial charge in [-0.15, -0.1) is 0 Å². The van der Waals surface area contributed by atoms with Gasteiger partial charge in [0.15, 0.2) is 0 Å². The van der Waals surface area contributed by atoms with Gasteiger partial charge in [0.05, 0.1) is 18.8 Å². The first kappa shape index (κ1) is 15.2. The molecule has 3 unspecified atom stereocenters. The van der Waals surface area contributed by atoms with Crippen LogP contribution in [0.4, 0.5) is 0 Å². The van der Waals surface area contributed by atoms with Crippen molar-refractivity contribution in [3.05, 3.63) is 0 Å². The molecule has 112 valence electrons. The van der Waals surface area contributed by atoms with Crippen LogP contribution in [0.2, 0.25) is 0 Å². The molecule has 0 aliphatic carbocycles. The van der Waals surface area contributed by atoms with Crippen LogP contribution in [0.25, 0.3) is 0 Å². The molecule has 4 heteroatoms. The number of ether oxygens (including phenoxy) is 3. The molecule has 3 atom stereocenters. The lowest BCUT2D eigenvalue weighted by molar-refractivity contribution is -0.100. The third-order valence-corrected chi connectivity index (χ3v) is 4.37. The Hall–Kier alpha value is -0.160. The smallest absolute Gasteiger partial charge is 0.0939 e. The van der Waals surface area contributed by atoms with E-state index in [0.29, 0.717) is 0 Å². The predicted octanol–water partition coefficient (Wildman–Crippen LogP) is 1.83. The number of hydrogen-bond donors (Lipinski definition) is 1. The van der Waals surface area contributed by atoms with Crippen molar-refractivity contribution in [2.24, 2.45) is 11.8 Å². The summed E-state index contributed by atoms with van der Waals surface area (Å²) >= 11 is 0. The highest BCUT2D eigenvalue weighted by molar-refractivity contribution is 4.90. The molecule has 1 spiro atoms. The lowest BCUT2D eigenvalue weighted by Gasteiger charge is -2.38. The summed E-state index contributed by atoms with van der Waals surface area (Å²) in [4.78, 5) is 0. The van der Waals surface area contributed by atoms with Crippen LogP contribution < -0.4 is 5.32 Å². The van der Waals surface area contributed by atoms with Crippen LogP contribution in [0.15, 0.2) is 0 Å². The molecule has 0 amide bonds. The maximum absolute atomic E-state index is 5.99. The van der Waals surface area contributed by atoms with E-state index in [-0.39, 0.29) is 5.60 Å². The van der Waals surface area contributed by atoms with Crippen LogP contribution in [-0.2, 0) is 14.2 Å². The molecular formula is C15H29NO3. The summed E-state index contributed by atoms with van der Waals surface area (Å²) in [6.07, 6.45) is 4.79. The molecule has 2 aliphatic rings. The molecular weight excluding hydrogens is 242 g/mol. The summed E-state index contributed by atoms with van der Waals surface area (Å²) in [5.41, 5.74) is 0.0616. The average molecular weight is 271 g/mol. The van der Waals surface area contributed by atoms with Gasteiger partial charge in [-0.05, 0) is 37.6 Å². The van der Waals surface area contributed by atoms with Gasteiger partial charge >= 0.3 is 0 Å². The summed E-state index contributed by atoms with van der Waals surface area (Å²) in [5.74, 6) is 1.52. The summed E-state index contributed by atoms with van der Waals surface area (Å²) in [6, 6.07) is 0. The fraction of sp³-hybridized carbons (Fsp3) is 1.00. The summed E-state index contributed by atoms with van der Waals surface area (Å²) in [6.45, 7) is 7.77. The lowest BCUT2D eigenvalue weighted by atomic mass is 9.81. The fourth-order valence-corrected chi connectivity index (χ4v) is 3.37. The van der Waals surface area contributed by atoms with Gasteiger partial charge in [-0.2, -0.15) is 0 Å². The minimum absolute atomic E-state index is 0.0616. The van der Waals surface area contributed by atoms with Gasteiger partial charge < -0.3 is 19.5 Å². The zero-order valence-corrected chi connectivity index (χ0v) is 12.5. The number of nitrogens with one attached hydrogen (secondary N) is 1. The van der Waals surface area contributed by atoms with E-state index in [0.717, 1.165) is 57.8 Å². The van der Waals surface area contributed by atoms with E-state index in [1.807, 2.05) is 0 Å². The molecule has 0 aromatic carbocycles. The third-order valence-electron chi connectivity index (χ3n) is 4.37. The zero-order chi connectivity index (χ0) is 13.6. The van der Waals surface area contributed by atoms with Crippen molar-refractivity contribution in [3.8, 4) is 0 Å². The van der Waals surface area contributed by atoms with Crippen molar-refractivity contribution in [2.45, 2.75) is 38.2 Å². The van der Waals surface area contributed by atoms with Gasteiger partial charge in [-0.3, -0.25) is 0 Å². The Balaban J connectivity index is 1.67. The SMILES string of the molecule is COCCNCC(C)CC1CCOC2(CCOC2)C1. The molecule has 19 heavy (non-hydrogen) atoms. The third kappa shape index (κ3) is 4.71. The van der Waals surface area contributed by atoms with Crippen LogP contribution >= 0.6 is 0 Å². The molecule has 2 saturated heterocycles. The van der Waals surface area contributed by atoms with Crippen LogP contribution in [0.1, 0.15) is 32.6 Å².